The molecule has 1 atom stereocenters. The molecular weight excluding hydrogens is 474 g/mol. The maximum Gasteiger partial charge on any atom is 0.321 e. The maximum atomic E-state index is 13.6. The number of anilines is 2. The van der Waals surface area contributed by atoms with Gasteiger partial charge in [-0.15, -0.1) is 0 Å². The number of nitrogens with one attached hydrogen (secondary N) is 1. The number of aryl methyl sites for hydroxylation is 1. The number of urea groups is 1. The molecule has 1 aromatic heterocycles. The van der Waals surface area contributed by atoms with Gasteiger partial charge in [-0.25, -0.2) is 13.6 Å². The standard InChI is InChI=1S/C26H23ClF2N4O2/c1-16-5-7-18(15-19(16)27)33-23(22-4-2-3-11-30-22)26(24(33)34)9-12-32(13-10-26)25(35)31-17-6-8-20(28)21(29)14-17/h2-8,11,14-15,23H,9-10,12-13H2,1H3,(H,31,35). The number of rotatable bonds is 3. The van der Waals surface area contributed by atoms with Crippen molar-refractivity contribution in [2.45, 2.75) is 25.8 Å². The van der Waals surface area contributed by atoms with E-state index in [0.29, 0.717) is 36.6 Å². The van der Waals surface area contributed by atoms with E-state index in [1.54, 1.807) is 22.1 Å². The van der Waals surface area contributed by atoms with Crippen LogP contribution in [0.5, 0.6) is 0 Å². The lowest BCUT2D eigenvalue weighted by atomic mass is 9.63. The second-order valence-electron chi connectivity index (χ2n) is 8.97. The van der Waals surface area contributed by atoms with E-state index in [4.69, 9.17) is 11.6 Å². The van der Waals surface area contributed by atoms with Crippen molar-refractivity contribution in [3.05, 3.63) is 88.7 Å². The number of benzene rings is 2. The molecule has 2 fully saturated rings. The van der Waals surface area contributed by atoms with E-state index in [1.165, 1.54) is 6.07 Å². The van der Waals surface area contributed by atoms with Crippen molar-refractivity contribution in [3.8, 4) is 0 Å². The van der Waals surface area contributed by atoms with Crippen LogP contribution in [0.15, 0.2) is 60.8 Å². The van der Waals surface area contributed by atoms with Crippen molar-refractivity contribution in [1.29, 1.82) is 0 Å². The SMILES string of the molecule is Cc1ccc(N2C(=O)C3(CCN(C(=O)Nc4ccc(F)c(F)c4)CC3)C2c2ccccn2)cc1Cl. The molecule has 0 bridgehead atoms. The monoisotopic (exact) mass is 496 g/mol. The van der Waals surface area contributed by atoms with E-state index in [2.05, 4.69) is 10.3 Å². The van der Waals surface area contributed by atoms with Crippen molar-refractivity contribution < 1.29 is 18.4 Å². The number of carbonyl (C=O) groups excluding carboxylic acids is 2. The lowest BCUT2D eigenvalue weighted by molar-refractivity contribution is -0.144. The van der Waals surface area contributed by atoms with E-state index in [9.17, 15) is 18.4 Å². The fourth-order valence-electron chi connectivity index (χ4n) is 4.98. The highest BCUT2D eigenvalue weighted by Crippen LogP contribution is 2.57. The van der Waals surface area contributed by atoms with E-state index in [0.717, 1.165) is 23.4 Å². The fraction of sp³-hybridized carbons (Fsp3) is 0.269. The summed E-state index contributed by atoms with van der Waals surface area (Å²) >= 11 is 6.35. The Hall–Kier alpha value is -3.52. The highest BCUT2D eigenvalue weighted by atomic mass is 35.5. The average molecular weight is 497 g/mol. The number of hydrogen-bond donors (Lipinski definition) is 1. The Morgan fingerprint density at radius 3 is 2.51 bits per heavy atom. The zero-order valence-electron chi connectivity index (χ0n) is 19.0. The number of nitrogens with zero attached hydrogens (tertiary/aromatic N) is 3. The highest BCUT2D eigenvalue weighted by Gasteiger charge is 2.62. The van der Waals surface area contributed by atoms with Crippen LogP contribution in [0, 0.1) is 24.0 Å². The molecule has 1 N–H and O–H groups in total. The predicted octanol–water partition coefficient (Wildman–Crippen LogP) is 5.72. The highest BCUT2D eigenvalue weighted by molar-refractivity contribution is 6.31. The second-order valence-corrected chi connectivity index (χ2v) is 9.38. The Labute approximate surface area is 206 Å². The smallest absolute Gasteiger partial charge is 0.321 e. The van der Waals surface area contributed by atoms with Crippen molar-refractivity contribution >= 4 is 34.9 Å². The Morgan fingerprint density at radius 2 is 1.86 bits per heavy atom. The second kappa shape index (κ2) is 8.92. The fourth-order valence-corrected chi connectivity index (χ4v) is 5.15. The van der Waals surface area contributed by atoms with Crippen LogP contribution in [0.4, 0.5) is 25.0 Å². The largest absolute Gasteiger partial charge is 0.324 e. The van der Waals surface area contributed by atoms with Crippen LogP contribution in [0.25, 0.3) is 0 Å². The number of aromatic nitrogens is 1. The first-order valence-electron chi connectivity index (χ1n) is 11.3. The van der Waals surface area contributed by atoms with Crippen molar-refractivity contribution in [1.82, 2.24) is 9.88 Å². The lowest BCUT2D eigenvalue weighted by Crippen LogP contribution is -2.67. The summed E-state index contributed by atoms with van der Waals surface area (Å²) in [4.78, 5) is 34.2. The number of hydrogen-bond acceptors (Lipinski definition) is 3. The number of likely N-dealkylation sites (tertiary alicyclic amines) is 1. The molecule has 1 unspecified atom stereocenters. The van der Waals surface area contributed by atoms with Gasteiger partial charge in [0.2, 0.25) is 5.91 Å². The van der Waals surface area contributed by atoms with E-state index >= 15 is 0 Å². The van der Waals surface area contributed by atoms with Gasteiger partial charge in [0, 0.05) is 41.8 Å². The number of halogens is 3. The summed E-state index contributed by atoms with van der Waals surface area (Å²) in [6.45, 7) is 2.59. The van der Waals surface area contributed by atoms with Crippen LogP contribution in [-0.4, -0.2) is 34.9 Å². The van der Waals surface area contributed by atoms with Crippen molar-refractivity contribution in [3.63, 3.8) is 0 Å². The lowest BCUT2D eigenvalue weighted by Gasteiger charge is -2.58. The first-order valence-corrected chi connectivity index (χ1v) is 11.7. The van der Waals surface area contributed by atoms with Crippen LogP contribution in [0.2, 0.25) is 5.02 Å². The summed E-state index contributed by atoms with van der Waals surface area (Å²) in [5, 5.41) is 3.18. The Morgan fingerprint density at radius 1 is 1.09 bits per heavy atom. The van der Waals surface area contributed by atoms with E-state index in [-0.39, 0.29) is 17.6 Å². The van der Waals surface area contributed by atoms with Gasteiger partial charge in [0.1, 0.15) is 0 Å². The number of amides is 3. The van der Waals surface area contributed by atoms with Crippen LogP contribution in [-0.2, 0) is 4.79 Å². The third kappa shape index (κ3) is 4.01. The van der Waals surface area contributed by atoms with Crippen LogP contribution >= 0.6 is 11.6 Å². The summed E-state index contributed by atoms with van der Waals surface area (Å²) in [6.07, 6.45) is 2.61. The maximum absolute atomic E-state index is 13.6. The molecule has 3 heterocycles. The number of piperidine rings is 1. The number of pyridine rings is 1. The van der Waals surface area contributed by atoms with Gasteiger partial charge in [-0.1, -0.05) is 23.7 Å². The summed E-state index contributed by atoms with van der Waals surface area (Å²) in [5.41, 5.74) is 1.90. The average Bonchev–Trinajstić information content (AvgIpc) is 2.86. The topological polar surface area (TPSA) is 65.5 Å². The quantitative estimate of drug-likeness (QED) is 0.471. The molecular formula is C26H23ClF2N4O2. The predicted molar refractivity (Wildman–Crippen MR) is 129 cm³/mol. The zero-order valence-corrected chi connectivity index (χ0v) is 19.7. The Balaban J connectivity index is 1.36. The van der Waals surface area contributed by atoms with Gasteiger partial charge in [-0.2, -0.15) is 0 Å². The molecule has 9 heteroatoms. The van der Waals surface area contributed by atoms with E-state index < -0.39 is 23.1 Å². The Kier molecular flexibility index (Phi) is 5.92. The van der Waals surface area contributed by atoms with Crippen molar-refractivity contribution in [2.75, 3.05) is 23.3 Å². The third-order valence-electron chi connectivity index (χ3n) is 6.94. The van der Waals surface area contributed by atoms with Gasteiger partial charge in [0.25, 0.3) is 0 Å². The summed E-state index contributed by atoms with van der Waals surface area (Å²) in [5.74, 6) is -2.03. The summed E-state index contributed by atoms with van der Waals surface area (Å²) < 4.78 is 26.7. The molecule has 2 saturated heterocycles. The van der Waals surface area contributed by atoms with Gasteiger partial charge in [0.15, 0.2) is 11.6 Å². The van der Waals surface area contributed by atoms with E-state index in [1.807, 2.05) is 37.3 Å². The first-order chi connectivity index (χ1) is 16.8. The molecule has 2 aliphatic rings. The number of carbonyl (C=O) groups is 2. The van der Waals surface area contributed by atoms with Gasteiger partial charge >= 0.3 is 6.03 Å². The van der Waals surface area contributed by atoms with Gasteiger partial charge in [0.05, 0.1) is 17.2 Å². The minimum Gasteiger partial charge on any atom is -0.324 e. The van der Waals surface area contributed by atoms with Gasteiger partial charge < -0.3 is 15.1 Å². The molecule has 6 nitrogen and oxygen atoms in total. The molecule has 3 amide bonds. The van der Waals surface area contributed by atoms with Crippen LogP contribution in [0.3, 0.4) is 0 Å². The summed E-state index contributed by atoms with van der Waals surface area (Å²) in [7, 11) is 0. The van der Waals surface area contributed by atoms with Crippen LogP contribution < -0.4 is 10.2 Å². The molecule has 180 valence electrons. The number of β-lactam (4-membered cyclic amide) rings is 1. The molecule has 5 rings (SSSR count). The molecule has 0 radical (unpaired) electrons. The normalized spacial score (nSPS) is 19.0. The van der Waals surface area contributed by atoms with Crippen LogP contribution in [0.1, 0.15) is 30.1 Å². The molecule has 2 aliphatic heterocycles. The van der Waals surface area contributed by atoms with Crippen molar-refractivity contribution in [2.24, 2.45) is 5.41 Å². The summed E-state index contributed by atoms with van der Waals surface area (Å²) in [6, 6.07) is 13.7. The molecule has 3 aromatic rings. The third-order valence-corrected chi connectivity index (χ3v) is 7.35. The Bertz CT molecular complexity index is 1300. The van der Waals surface area contributed by atoms with Gasteiger partial charge in [-0.05, 0) is 61.7 Å². The zero-order chi connectivity index (χ0) is 24.7. The molecule has 2 aromatic carbocycles. The minimum absolute atomic E-state index is 0.0197. The first kappa shape index (κ1) is 23.2. The molecule has 1 spiro atoms. The van der Waals surface area contributed by atoms with Gasteiger partial charge in [-0.3, -0.25) is 9.78 Å². The molecule has 35 heavy (non-hydrogen) atoms. The molecule has 0 saturated carbocycles. The minimum atomic E-state index is -1.03. The molecule has 0 aliphatic carbocycles.